The number of para-hydroxylation sites is 1. The van der Waals surface area contributed by atoms with Crippen LogP contribution >= 0.6 is 0 Å². The maximum atomic E-state index is 12.8. The highest BCUT2D eigenvalue weighted by Gasteiger charge is 2.29. The summed E-state index contributed by atoms with van der Waals surface area (Å²) in [6.07, 6.45) is 0.872. The second kappa shape index (κ2) is 9.35. The third kappa shape index (κ3) is 4.64. The van der Waals surface area contributed by atoms with Gasteiger partial charge in [-0.15, -0.1) is 0 Å². The first kappa shape index (κ1) is 21.1. The van der Waals surface area contributed by atoms with E-state index >= 15 is 0 Å². The molecule has 1 fully saturated rings. The number of rotatable bonds is 6. The second-order valence-corrected chi connectivity index (χ2v) is 8.35. The fourth-order valence-corrected chi connectivity index (χ4v) is 4.73. The van der Waals surface area contributed by atoms with Crippen molar-refractivity contribution in [2.75, 3.05) is 19.6 Å². The first-order valence-electron chi connectivity index (χ1n) is 10.9. The first-order valence-corrected chi connectivity index (χ1v) is 10.9. The Morgan fingerprint density at radius 1 is 1.10 bits per heavy atom. The molecular weight excluding hydrogens is 390 g/mol. The van der Waals surface area contributed by atoms with E-state index in [9.17, 15) is 14.7 Å². The molecule has 2 N–H and O–H groups in total. The Kier molecular flexibility index (Phi) is 6.37. The summed E-state index contributed by atoms with van der Waals surface area (Å²) in [7, 11) is 1.82. The van der Waals surface area contributed by atoms with Crippen molar-refractivity contribution in [1.82, 2.24) is 14.8 Å². The van der Waals surface area contributed by atoms with Crippen LogP contribution in [0.4, 0.5) is 4.79 Å². The van der Waals surface area contributed by atoms with Gasteiger partial charge in [0.15, 0.2) is 0 Å². The molecule has 0 spiro atoms. The molecular formula is C25H29N3O3. The van der Waals surface area contributed by atoms with Gasteiger partial charge in [-0.1, -0.05) is 48.5 Å². The van der Waals surface area contributed by atoms with E-state index in [2.05, 4.69) is 17.4 Å². The van der Waals surface area contributed by atoms with Gasteiger partial charge in [-0.05, 0) is 47.8 Å². The van der Waals surface area contributed by atoms with Crippen LogP contribution < -0.4 is 10.9 Å². The van der Waals surface area contributed by atoms with Gasteiger partial charge in [-0.3, -0.25) is 4.79 Å². The molecule has 1 aromatic heterocycles. The largest absolute Gasteiger partial charge is 0.465 e. The number of carbonyl (C=O) groups is 1. The van der Waals surface area contributed by atoms with Crippen molar-refractivity contribution in [3.05, 3.63) is 82.1 Å². The summed E-state index contributed by atoms with van der Waals surface area (Å²) in [5, 5.41) is 13.8. The molecule has 31 heavy (non-hydrogen) atoms. The lowest BCUT2D eigenvalue weighted by Gasteiger charge is -2.35. The Morgan fingerprint density at radius 2 is 1.77 bits per heavy atom. The maximum Gasteiger partial charge on any atom is 0.407 e. The molecule has 1 aliphatic rings. The lowest BCUT2D eigenvalue weighted by Crippen LogP contribution is -2.40. The van der Waals surface area contributed by atoms with Crippen LogP contribution in [-0.2, 0) is 13.6 Å². The van der Waals surface area contributed by atoms with Crippen molar-refractivity contribution in [3.8, 4) is 0 Å². The van der Waals surface area contributed by atoms with Gasteiger partial charge in [0.2, 0.25) is 0 Å². The van der Waals surface area contributed by atoms with Crippen LogP contribution in [0.5, 0.6) is 0 Å². The van der Waals surface area contributed by atoms with Gasteiger partial charge in [-0.2, -0.15) is 0 Å². The van der Waals surface area contributed by atoms with Crippen molar-refractivity contribution < 1.29 is 9.90 Å². The van der Waals surface area contributed by atoms with Gasteiger partial charge in [0.1, 0.15) is 0 Å². The van der Waals surface area contributed by atoms with Crippen LogP contribution in [0.15, 0.2) is 65.5 Å². The molecule has 1 unspecified atom stereocenters. The number of likely N-dealkylation sites (tertiary alicyclic amines) is 1. The SMILES string of the molecule is Cn1c(=O)c(CNCC(c2ccccc2)C2CCN(C(=O)O)CC2)cc2ccccc21. The van der Waals surface area contributed by atoms with E-state index in [4.69, 9.17) is 0 Å². The molecule has 0 aliphatic carbocycles. The number of amides is 1. The highest BCUT2D eigenvalue weighted by atomic mass is 16.4. The van der Waals surface area contributed by atoms with Crippen molar-refractivity contribution in [3.63, 3.8) is 0 Å². The Hall–Kier alpha value is -3.12. The maximum absolute atomic E-state index is 12.8. The van der Waals surface area contributed by atoms with Crippen LogP contribution in [0, 0.1) is 5.92 Å². The molecule has 6 heteroatoms. The highest BCUT2D eigenvalue weighted by molar-refractivity contribution is 5.79. The van der Waals surface area contributed by atoms with Crippen LogP contribution in [-0.4, -0.2) is 40.3 Å². The quantitative estimate of drug-likeness (QED) is 0.637. The third-order valence-corrected chi connectivity index (χ3v) is 6.49. The molecule has 2 heterocycles. The summed E-state index contributed by atoms with van der Waals surface area (Å²) in [4.78, 5) is 25.6. The summed E-state index contributed by atoms with van der Waals surface area (Å²) in [6.45, 7) is 2.41. The average molecular weight is 420 g/mol. The Morgan fingerprint density at radius 3 is 2.48 bits per heavy atom. The lowest BCUT2D eigenvalue weighted by molar-refractivity contribution is 0.119. The van der Waals surface area contributed by atoms with Crippen LogP contribution in [0.3, 0.4) is 0 Å². The Labute approximate surface area is 182 Å². The number of pyridine rings is 1. The molecule has 3 aromatic rings. The van der Waals surface area contributed by atoms with Gasteiger partial charge < -0.3 is 19.9 Å². The molecule has 1 saturated heterocycles. The van der Waals surface area contributed by atoms with Crippen LogP contribution in [0.2, 0.25) is 0 Å². The standard InChI is InChI=1S/C25H29N3O3/c1-27-23-10-6-5-9-20(23)15-21(24(27)29)16-26-17-22(18-7-3-2-4-8-18)19-11-13-28(14-12-19)25(30)31/h2-10,15,19,22,26H,11-14,16-17H2,1H3,(H,30,31). The molecule has 1 aliphatic heterocycles. The number of aryl methyl sites for hydroxylation is 1. The minimum Gasteiger partial charge on any atom is -0.465 e. The van der Waals surface area contributed by atoms with E-state index < -0.39 is 6.09 Å². The summed E-state index contributed by atoms with van der Waals surface area (Å²) in [5.41, 5.74) is 2.98. The van der Waals surface area contributed by atoms with Crippen molar-refractivity contribution in [1.29, 1.82) is 0 Å². The first-order chi connectivity index (χ1) is 15.0. The minimum absolute atomic E-state index is 0.0252. The average Bonchev–Trinajstić information content (AvgIpc) is 2.80. The predicted octanol–water partition coefficient (Wildman–Crippen LogP) is 3.80. The third-order valence-electron chi connectivity index (χ3n) is 6.49. The van der Waals surface area contributed by atoms with E-state index in [0.29, 0.717) is 25.6 Å². The fourth-order valence-electron chi connectivity index (χ4n) is 4.73. The van der Waals surface area contributed by atoms with Gasteiger partial charge >= 0.3 is 6.09 Å². The predicted molar refractivity (Wildman–Crippen MR) is 122 cm³/mol. The zero-order valence-electron chi connectivity index (χ0n) is 17.8. The summed E-state index contributed by atoms with van der Waals surface area (Å²) >= 11 is 0. The topological polar surface area (TPSA) is 74.6 Å². The normalized spacial score (nSPS) is 15.8. The number of hydrogen-bond acceptors (Lipinski definition) is 3. The number of hydrogen-bond donors (Lipinski definition) is 2. The number of nitrogens with one attached hydrogen (secondary N) is 1. The van der Waals surface area contributed by atoms with Crippen molar-refractivity contribution >= 4 is 17.0 Å². The molecule has 0 saturated carbocycles. The van der Waals surface area contributed by atoms with E-state index in [1.54, 1.807) is 4.57 Å². The van der Waals surface area contributed by atoms with Gasteiger partial charge in [-0.25, -0.2) is 4.79 Å². The number of nitrogens with zero attached hydrogens (tertiary/aromatic N) is 2. The summed E-state index contributed by atoms with van der Waals surface area (Å²) in [6, 6.07) is 20.3. The lowest BCUT2D eigenvalue weighted by atomic mass is 9.80. The number of carboxylic acid groups (broad SMARTS) is 1. The van der Waals surface area contributed by atoms with Gasteiger partial charge in [0, 0.05) is 38.8 Å². The molecule has 0 bridgehead atoms. The summed E-state index contributed by atoms with van der Waals surface area (Å²) in [5.74, 6) is 0.686. The number of aromatic nitrogens is 1. The molecule has 1 atom stereocenters. The smallest absolute Gasteiger partial charge is 0.407 e. The molecule has 2 aromatic carbocycles. The fraction of sp³-hybridized carbons (Fsp3) is 0.360. The zero-order chi connectivity index (χ0) is 21.8. The number of fused-ring (bicyclic) bond motifs is 1. The van der Waals surface area contributed by atoms with Crippen LogP contribution in [0.25, 0.3) is 10.9 Å². The van der Waals surface area contributed by atoms with E-state index in [0.717, 1.165) is 35.9 Å². The highest BCUT2D eigenvalue weighted by Crippen LogP contribution is 2.32. The molecule has 1 amide bonds. The molecule has 0 radical (unpaired) electrons. The van der Waals surface area contributed by atoms with Gasteiger partial charge in [0.05, 0.1) is 5.52 Å². The molecule has 162 valence electrons. The van der Waals surface area contributed by atoms with E-state index in [-0.39, 0.29) is 11.5 Å². The van der Waals surface area contributed by atoms with E-state index in [1.807, 2.05) is 55.6 Å². The second-order valence-electron chi connectivity index (χ2n) is 8.35. The van der Waals surface area contributed by atoms with E-state index in [1.165, 1.54) is 10.5 Å². The van der Waals surface area contributed by atoms with Crippen LogP contribution in [0.1, 0.15) is 29.9 Å². The Bertz CT molecular complexity index is 1100. The Balaban J connectivity index is 1.49. The minimum atomic E-state index is -0.833. The van der Waals surface area contributed by atoms with Gasteiger partial charge in [0.25, 0.3) is 5.56 Å². The molecule has 4 rings (SSSR count). The van der Waals surface area contributed by atoms with Crippen molar-refractivity contribution in [2.45, 2.75) is 25.3 Å². The monoisotopic (exact) mass is 419 g/mol. The molecule has 6 nitrogen and oxygen atoms in total. The number of piperidine rings is 1. The summed E-state index contributed by atoms with van der Waals surface area (Å²) < 4.78 is 1.71. The zero-order valence-corrected chi connectivity index (χ0v) is 17.8. The van der Waals surface area contributed by atoms with Crippen molar-refractivity contribution in [2.24, 2.45) is 13.0 Å². The number of benzene rings is 2.